The smallest absolute Gasteiger partial charge is 0.375 e. The van der Waals surface area contributed by atoms with E-state index in [0.29, 0.717) is 0 Å². The van der Waals surface area contributed by atoms with Crippen molar-refractivity contribution in [2.45, 2.75) is 63.6 Å². The van der Waals surface area contributed by atoms with Crippen LogP contribution < -0.4 is 0 Å². The van der Waals surface area contributed by atoms with Gasteiger partial charge in [-0.2, -0.15) is 0 Å². The number of rotatable bonds is 3. The zero-order chi connectivity index (χ0) is 25.6. The zero-order valence-corrected chi connectivity index (χ0v) is 19.7. The number of carboxylic acids is 1. The summed E-state index contributed by atoms with van der Waals surface area (Å²) >= 11 is 0. The molecule has 0 amide bonds. The van der Waals surface area contributed by atoms with Gasteiger partial charge in [-0.3, -0.25) is 4.79 Å². The maximum Gasteiger partial charge on any atom is 0.375 e. The number of allylic oxidation sites excluding steroid dienone is 4. The minimum absolute atomic E-state index is 0.00815. The van der Waals surface area contributed by atoms with Crippen LogP contribution in [0.25, 0.3) is 0 Å². The first-order chi connectivity index (χ1) is 16.3. The fourth-order valence-electron chi connectivity index (χ4n) is 7.83. The molecule has 1 aromatic rings. The summed E-state index contributed by atoms with van der Waals surface area (Å²) in [6, 6.07) is 2.81. The Labute approximate surface area is 200 Å². The van der Waals surface area contributed by atoms with Crippen LogP contribution in [0.5, 0.6) is 0 Å². The molecule has 4 aliphatic carbocycles. The molecule has 0 aliphatic heterocycles. The molecule has 0 saturated heterocycles. The van der Waals surface area contributed by atoms with E-state index in [2.05, 4.69) is 0 Å². The molecule has 35 heavy (non-hydrogen) atoms. The van der Waals surface area contributed by atoms with Crippen molar-refractivity contribution < 1.29 is 42.5 Å². The molecule has 0 bridgehead atoms. The standard InChI is InChI=1S/C26H28F2O7/c1-13-9-15-16-11-18(27)17-10-14(29)6-7-23(17,2)25(16,28)20(30)12-24(15,3)26(13,22(32)33)35-21(31)19-5-4-8-34-19/h4-8,10,13,15-16,18,20,30H,9,11-12H2,1-3H3,(H,32,33)/t13?,15?,16?,18?,20?,23-,24-,25-,26-/m0/s1. The SMILES string of the molecule is CC1CC2C3CC(F)C4=CC(=O)C=C[C@]4(C)[C@@]3(F)C(O)C[C@]2(C)[C@@]1(OC(=O)c1ccco1)C(=O)O. The second-order valence-electron chi connectivity index (χ2n) is 10.9. The molecular weight excluding hydrogens is 462 g/mol. The van der Waals surface area contributed by atoms with Gasteiger partial charge in [0.2, 0.25) is 11.4 Å². The molecule has 5 rings (SSSR count). The third-order valence-corrected chi connectivity index (χ3v) is 9.46. The van der Waals surface area contributed by atoms with Crippen LogP contribution in [0.1, 0.15) is 50.6 Å². The highest BCUT2D eigenvalue weighted by molar-refractivity contribution is 6.01. The van der Waals surface area contributed by atoms with E-state index >= 15 is 8.78 Å². The van der Waals surface area contributed by atoms with E-state index in [1.54, 1.807) is 13.8 Å². The quantitative estimate of drug-likeness (QED) is 0.619. The Balaban J connectivity index is 1.62. The Morgan fingerprint density at radius 3 is 2.57 bits per heavy atom. The van der Waals surface area contributed by atoms with Gasteiger partial charge in [0.1, 0.15) is 6.17 Å². The number of esters is 1. The monoisotopic (exact) mass is 490 g/mol. The Bertz CT molecular complexity index is 1160. The van der Waals surface area contributed by atoms with E-state index in [0.717, 1.165) is 6.08 Å². The van der Waals surface area contributed by atoms with Crippen molar-refractivity contribution in [2.75, 3.05) is 0 Å². The van der Waals surface area contributed by atoms with Crippen LogP contribution in [0.2, 0.25) is 0 Å². The highest BCUT2D eigenvalue weighted by atomic mass is 19.1. The van der Waals surface area contributed by atoms with Crippen LogP contribution in [-0.2, 0) is 14.3 Å². The number of halogens is 2. The van der Waals surface area contributed by atoms with E-state index in [4.69, 9.17) is 9.15 Å². The maximum atomic E-state index is 17.2. The zero-order valence-electron chi connectivity index (χ0n) is 19.7. The maximum absolute atomic E-state index is 17.2. The number of alkyl halides is 2. The highest BCUT2D eigenvalue weighted by Gasteiger charge is 2.78. The number of ketones is 1. The number of aliphatic hydroxyl groups is 1. The second kappa shape index (κ2) is 7.35. The van der Waals surface area contributed by atoms with Crippen molar-refractivity contribution in [3.8, 4) is 0 Å². The molecule has 1 heterocycles. The van der Waals surface area contributed by atoms with Crippen molar-refractivity contribution in [2.24, 2.45) is 28.6 Å². The van der Waals surface area contributed by atoms with E-state index in [-0.39, 0.29) is 30.6 Å². The Hall–Kier alpha value is -2.81. The van der Waals surface area contributed by atoms with Gasteiger partial charge in [0.25, 0.3) is 0 Å². The number of carbonyl (C=O) groups is 3. The number of carbonyl (C=O) groups excluding carboxylic acids is 2. The minimum Gasteiger partial charge on any atom is -0.478 e. The van der Waals surface area contributed by atoms with Gasteiger partial charge in [0.15, 0.2) is 11.5 Å². The van der Waals surface area contributed by atoms with E-state index in [1.807, 2.05) is 0 Å². The van der Waals surface area contributed by atoms with Crippen LogP contribution >= 0.6 is 0 Å². The van der Waals surface area contributed by atoms with Crippen molar-refractivity contribution in [1.29, 1.82) is 0 Å². The van der Waals surface area contributed by atoms with Gasteiger partial charge in [0, 0.05) is 22.7 Å². The molecule has 4 aliphatic rings. The van der Waals surface area contributed by atoms with Gasteiger partial charge in [-0.1, -0.05) is 19.9 Å². The molecular formula is C26H28F2O7. The number of furan rings is 1. The highest BCUT2D eigenvalue weighted by Crippen LogP contribution is 2.71. The lowest BCUT2D eigenvalue weighted by Gasteiger charge is -2.62. The summed E-state index contributed by atoms with van der Waals surface area (Å²) in [6.07, 6.45) is 1.05. The summed E-state index contributed by atoms with van der Waals surface area (Å²) in [5.74, 6) is -5.55. The van der Waals surface area contributed by atoms with Crippen molar-refractivity contribution >= 4 is 17.7 Å². The van der Waals surface area contributed by atoms with Gasteiger partial charge < -0.3 is 19.4 Å². The average Bonchev–Trinajstić information content (AvgIpc) is 3.39. The molecule has 0 aromatic carbocycles. The first kappa shape index (κ1) is 23.9. The molecule has 0 spiro atoms. The Morgan fingerprint density at radius 2 is 1.94 bits per heavy atom. The Kier molecular flexibility index (Phi) is 5.02. The number of fused-ring (bicyclic) bond motifs is 5. The summed E-state index contributed by atoms with van der Waals surface area (Å²) < 4.78 is 43.5. The van der Waals surface area contributed by atoms with Crippen LogP contribution in [0.4, 0.5) is 8.78 Å². The summed E-state index contributed by atoms with van der Waals surface area (Å²) in [5.41, 5.74) is -7.42. The molecule has 3 saturated carbocycles. The van der Waals surface area contributed by atoms with Gasteiger partial charge >= 0.3 is 11.9 Å². The molecule has 2 N–H and O–H groups in total. The molecule has 9 atom stereocenters. The first-order valence-electron chi connectivity index (χ1n) is 11.8. The van der Waals surface area contributed by atoms with E-state index < -0.39 is 69.9 Å². The third-order valence-electron chi connectivity index (χ3n) is 9.46. The minimum atomic E-state index is -2.35. The number of ether oxygens (including phenoxy) is 1. The molecule has 0 radical (unpaired) electrons. The lowest BCUT2D eigenvalue weighted by atomic mass is 9.44. The lowest BCUT2D eigenvalue weighted by Crippen LogP contribution is -2.71. The Morgan fingerprint density at radius 1 is 1.23 bits per heavy atom. The topological polar surface area (TPSA) is 114 Å². The number of aliphatic carboxylic acids is 1. The summed E-state index contributed by atoms with van der Waals surface area (Å²) in [5, 5.41) is 21.8. The fourth-order valence-corrected chi connectivity index (χ4v) is 7.83. The average molecular weight is 490 g/mol. The van der Waals surface area contributed by atoms with Gasteiger partial charge in [-0.15, -0.1) is 0 Å². The van der Waals surface area contributed by atoms with Crippen LogP contribution in [0.15, 0.2) is 46.6 Å². The predicted molar refractivity (Wildman–Crippen MR) is 118 cm³/mol. The molecule has 5 unspecified atom stereocenters. The number of carboxylic acid groups (broad SMARTS) is 1. The van der Waals surface area contributed by atoms with Crippen LogP contribution in [-0.4, -0.2) is 51.5 Å². The molecule has 188 valence electrons. The number of hydrogen-bond acceptors (Lipinski definition) is 6. The van der Waals surface area contributed by atoms with Crippen molar-refractivity contribution in [3.05, 3.63) is 48.0 Å². The van der Waals surface area contributed by atoms with Gasteiger partial charge in [-0.25, -0.2) is 18.4 Å². The van der Waals surface area contributed by atoms with Crippen LogP contribution in [0, 0.1) is 28.6 Å². The van der Waals surface area contributed by atoms with Crippen molar-refractivity contribution in [3.63, 3.8) is 0 Å². The second-order valence-corrected chi connectivity index (χ2v) is 10.9. The molecule has 3 fully saturated rings. The fraction of sp³-hybridized carbons (Fsp3) is 0.577. The summed E-state index contributed by atoms with van der Waals surface area (Å²) in [7, 11) is 0. The number of aliphatic hydroxyl groups excluding tert-OH is 1. The lowest BCUT2D eigenvalue weighted by molar-refractivity contribution is -0.229. The molecule has 7 nitrogen and oxygen atoms in total. The molecule has 9 heteroatoms. The predicted octanol–water partition coefficient (Wildman–Crippen LogP) is 3.82. The summed E-state index contributed by atoms with van der Waals surface area (Å²) in [6.45, 7) is 4.67. The van der Waals surface area contributed by atoms with Gasteiger partial charge in [-0.05, 0) is 62.0 Å². The third kappa shape index (κ3) is 2.76. The van der Waals surface area contributed by atoms with E-state index in [9.17, 15) is 24.6 Å². The normalized spacial score (nSPS) is 46.3. The number of hydrogen-bond donors (Lipinski definition) is 2. The van der Waals surface area contributed by atoms with Crippen LogP contribution in [0.3, 0.4) is 0 Å². The van der Waals surface area contributed by atoms with Gasteiger partial charge in [0.05, 0.1) is 12.4 Å². The summed E-state index contributed by atoms with van der Waals surface area (Å²) in [4.78, 5) is 37.6. The van der Waals surface area contributed by atoms with Crippen molar-refractivity contribution in [1.82, 2.24) is 0 Å². The molecule has 1 aromatic heterocycles. The first-order valence-corrected chi connectivity index (χ1v) is 11.8. The largest absolute Gasteiger partial charge is 0.478 e. The van der Waals surface area contributed by atoms with E-state index in [1.165, 1.54) is 37.5 Å².